The topological polar surface area (TPSA) is 143 Å². The lowest BCUT2D eigenvalue weighted by Gasteiger charge is -2.24. The van der Waals surface area contributed by atoms with Gasteiger partial charge in [0.25, 0.3) is 0 Å². The molecular weight excluding hydrogens is 540 g/mol. The van der Waals surface area contributed by atoms with E-state index in [1.807, 2.05) is 39.8 Å². The Bertz CT molecular complexity index is 856. The van der Waals surface area contributed by atoms with Gasteiger partial charge in [-0.25, -0.2) is 0 Å². The number of carbonyl (C=O) groups is 2. The van der Waals surface area contributed by atoms with Crippen molar-refractivity contribution in [2.75, 3.05) is 39.6 Å². The minimum absolute atomic E-state index is 0.191. The van der Waals surface area contributed by atoms with Crippen LogP contribution >= 0.6 is 0 Å². The van der Waals surface area contributed by atoms with Crippen LogP contribution in [0, 0.1) is 5.92 Å². The van der Waals surface area contributed by atoms with Crippen LogP contribution in [0.15, 0.2) is 46.6 Å². The van der Waals surface area contributed by atoms with Crippen LogP contribution in [-0.4, -0.2) is 90.1 Å². The lowest BCUT2D eigenvalue weighted by Crippen LogP contribution is -2.38. The molecule has 1 unspecified atom stereocenters. The second-order valence-electron chi connectivity index (χ2n) is 11.2. The average molecular weight is 597 g/mol. The molecular formula is C33H56O9. The molecule has 0 saturated carbocycles. The van der Waals surface area contributed by atoms with Crippen LogP contribution in [0.5, 0.6) is 0 Å². The van der Waals surface area contributed by atoms with E-state index in [9.17, 15) is 30.0 Å². The van der Waals surface area contributed by atoms with Gasteiger partial charge in [-0.2, -0.15) is 0 Å². The molecule has 0 saturated heterocycles. The van der Waals surface area contributed by atoms with Crippen molar-refractivity contribution in [1.82, 2.24) is 0 Å². The zero-order valence-electron chi connectivity index (χ0n) is 26.6. The van der Waals surface area contributed by atoms with Crippen LogP contribution in [0.25, 0.3) is 0 Å². The van der Waals surface area contributed by atoms with Gasteiger partial charge in [-0.1, -0.05) is 46.6 Å². The molecule has 9 nitrogen and oxygen atoms in total. The number of aliphatic hydroxyl groups is 4. The Labute approximate surface area is 252 Å². The molecule has 0 aliphatic rings. The number of hydrogen-bond acceptors (Lipinski definition) is 9. The molecule has 0 bridgehead atoms. The third-order valence-corrected chi connectivity index (χ3v) is 6.57. The molecule has 0 aliphatic heterocycles. The predicted molar refractivity (Wildman–Crippen MR) is 165 cm³/mol. The first-order valence-electron chi connectivity index (χ1n) is 14.9. The van der Waals surface area contributed by atoms with E-state index in [1.165, 1.54) is 16.7 Å². The van der Waals surface area contributed by atoms with E-state index < -0.39 is 56.6 Å². The van der Waals surface area contributed by atoms with E-state index in [4.69, 9.17) is 14.2 Å². The molecule has 0 aromatic rings. The van der Waals surface area contributed by atoms with Gasteiger partial charge in [0, 0.05) is 6.42 Å². The van der Waals surface area contributed by atoms with Gasteiger partial charge < -0.3 is 34.6 Å². The van der Waals surface area contributed by atoms with E-state index in [0.717, 1.165) is 31.3 Å². The molecule has 1 atom stereocenters. The Hall–Kier alpha value is -2.14. The maximum Gasteiger partial charge on any atom is 0.317 e. The van der Waals surface area contributed by atoms with Crippen molar-refractivity contribution in [2.45, 2.75) is 105 Å². The minimum atomic E-state index is -1.02. The second kappa shape index (κ2) is 24.3. The van der Waals surface area contributed by atoms with Gasteiger partial charge >= 0.3 is 5.97 Å². The molecule has 0 aromatic heterocycles. The fraction of sp³-hybridized carbons (Fsp3) is 0.697. The number of allylic oxidation sites excluding steroid dienone is 8. The maximum atomic E-state index is 13.4. The van der Waals surface area contributed by atoms with Crippen LogP contribution in [0.3, 0.4) is 0 Å². The molecule has 0 heterocycles. The molecule has 0 aliphatic carbocycles. The third kappa shape index (κ3) is 19.9. The molecule has 42 heavy (non-hydrogen) atoms. The van der Waals surface area contributed by atoms with Gasteiger partial charge in [-0.05, 0) is 80.1 Å². The molecule has 0 fully saturated rings. The van der Waals surface area contributed by atoms with E-state index in [2.05, 4.69) is 26.0 Å². The van der Waals surface area contributed by atoms with Crippen molar-refractivity contribution >= 4 is 11.8 Å². The van der Waals surface area contributed by atoms with Crippen molar-refractivity contribution in [3.63, 3.8) is 0 Å². The number of carbonyl (C=O) groups excluding carboxylic acids is 2. The van der Waals surface area contributed by atoms with E-state index in [0.29, 0.717) is 6.42 Å². The Balaban J connectivity index is 5.68. The quantitative estimate of drug-likeness (QED) is 0.0725. The number of aliphatic hydroxyl groups excluding tert-OH is 4. The molecule has 0 rings (SSSR count). The second-order valence-corrected chi connectivity index (χ2v) is 11.2. The third-order valence-electron chi connectivity index (χ3n) is 6.57. The first kappa shape index (κ1) is 39.9. The molecule has 0 radical (unpaired) electrons. The van der Waals surface area contributed by atoms with Gasteiger partial charge in [0.15, 0.2) is 0 Å². The van der Waals surface area contributed by atoms with Gasteiger partial charge in [0.2, 0.25) is 0 Å². The minimum Gasteiger partial charge on any atom is -0.457 e. The van der Waals surface area contributed by atoms with E-state index >= 15 is 0 Å². The summed E-state index contributed by atoms with van der Waals surface area (Å²) in [5.74, 6) is -1.97. The first-order valence-corrected chi connectivity index (χ1v) is 14.9. The Kier molecular flexibility index (Phi) is 23.1. The van der Waals surface area contributed by atoms with Gasteiger partial charge in [-0.15, -0.1) is 0 Å². The summed E-state index contributed by atoms with van der Waals surface area (Å²) < 4.78 is 16.6. The monoisotopic (exact) mass is 596 g/mol. The molecule has 9 heteroatoms. The first-order chi connectivity index (χ1) is 20.0. The van der Waals surface area contributed by atoms with Crippen LogP contribution < -0.4 is 0 Å². The van der Waals surface area contributed by atoms with Crippen molar-refractivity contribution in [3.8, 4) is 0 Å². The van der Waals surface area contributed by atoms with Gasteiger partial charge in [0.1, 0.15) is 30.0 Å². The van der Waals surface area contributed by atoms with Crippen LogP contribution in [0.4, 0.5) is 0 Å². The fourth-order valence-electron chi connectivity index (χ4n) is 3.87. The lowest BCUT2D eigenvalue weighted by molar-refractivity contribution is -0.168. The summed E-state index contributed by atoms with van der Waals surface area (Å²) in [6.07, 6.45) is 9.95. The van der Waals surface area contributed by atoms with Crippen molar-refractivity contribution in [3.05, 3.63) is 46.6 Å². The van der Waals surface area contributed by atoms with Crippen LogP contribution in [0.2, 0.25) is 0 Å². The highest BCUT2D eigenvalue weighted by Gasteiger charge is 2.30. The summed E-state index contributed by atoms with van der Waals surface area (Å²) in [6.45, 7) is 10.0. The number of hydrogen-bond donors (Lipinski definition) is 4. The average Bonchev–Trinajstić information content (AvgIpc) is 2.93. The standard InChI is InChI=1S/C33H56O9/c1-24(2)10-7-12-26(5)14-9-15-32(38)31(17-16-27(6)13-8-11-25(3)4)33(39)42-30(22-40-28(18-34)19-35)23-41-29(20-36)21-37/h10-11,14,16,28-31,34-37H,7-9,12-13,15,17-23H2,1-6H3/b26-14+,27-16?. The summed E-state index contributed by atoms with van der Waals surface area (Å²) in [6, 6.07) is 0. The van der Waals surface area contributed by atoms with E-state index in [1.54, 1.807) is 0 Å². The number of ketones is 1. The number of ether oxygens (including phenoxy) is 3. The highest BCUT2D eigenvalue weighted by atomic mass is 16.6. The molecule has 242 valence electrons. The number of esters is 1. The fourth-order valence-corrected chi connectivity index (χ4v) is 3.87. The van der Waals surface area contributed by atoms with Crippen LogP contribution in [0.1, 0.15) is 86.5 Å². The molecule has 0 amide bonds. The molecule has 0 spiro atoms. The SMILES string of the molecule is CC(C)=CCCC(C)=CCC(C(=O)CC/C=C(\C)CCC=C(C)C)C(=O)OC(COC(CO)CO)COC(CO)CO. The Morgan fingerprint density at radius 1 is 0.595 bits per heavy atom. The Morgan fingerprint density at radius 2 is 1.02 bits per heavy atom. The maximum absolute atomic E-state index is 13.4. The smallest absolute Gasteiger partial charge is 0.317 e. The van der Waals surface area contributed by atoms with Gasteiger partial charge in [0.05, 0.1) is 39.6 Å². The predicted octanol–water partition coefficient (Wildman–Crippen LogP) is 4.38. The van der Waals surface area contributed by atoms with Crippen LogP contribution in [-0.2, 0) is 23.8 Å². The van der Waals surface area contributed by atoms with Gasteiger partial charge in [-0.3, -0.25) is 9.59 Å². The number of rotatable bonds is 24. The number of Topliss-reactive ketones (excluding diaryl/α,β-unsaturated/α-hetero) is 1. The highest BCUT2D eigenvalue weighted by Crippen LogP contribution is 2.18. The lowest BCUT2D eigenvalue weighted by atomic mass is 9.94. The summed E-state index contributed by atoms with van der Waals surface area (Å²) in [4.78, 5) is 26.7. The largest absolute Gasteiger partial charge is 0.457 e. The van der Waals surface area contributed by atoms with E-state index in [-0.39, 0.29) is 31.8 Å². The van der Waals surface area contributed by atoms with Crippen molar-refractivity contribution in [2.24, 2.45) is 5.92 Å². The van der Waals surface area contributed by atoms with Crippen molar-refractivity contribution < 1.29 is 44.2 Å². The van der Waals surface area contributed by atoms with Crippen molar-refractivity contribution in [1.29, 1.82) is 0 Å². The Morgan fingerprint density at radius 3 is 1.45 bits per heavy atom. The zero-order chi connectivity index (χ0) is 31.9. The molecule has 4 N–H and O–H groups in total. The molecule has 0 aromatic carbocycles. The highest BCUT2D eigenvalue weighted by molar-refractivity contribution is 5.99. The normalized spacial score (nSPS) is 13.1. The summed E-state index contributed by atoms with van der Waals surface area (Å²) in [5.41, 5.74) is 4.75. The summed E-state index contributed by atoms with van der Waals surface area (Å²) in [7, 11) is 0. The summed E-state index contributed by atoms with van der Waals surface area (Å²) >= 11 is 0. The summed E-state index contributed by atoms with van der Waals surface area (Å²) in [5, 5.41) is 37.3. The zero-order valence-corrected chi connectivity index (χ0v) is 26.6.